The fourth-order valence-corrected chi connectivity index (χ4v) is 2.62. The van der Waals surface area contributed by atoms with Crippen LogP contribution in [0.4, 0.5) is 11.4 Å². The normalized spacial score (nSPS) is 18.2. The molecule has 0 spiro atoms. The topological polar surface area (TPSA) is 62.9 Å². The second-order valence-electron chi connectivity index (χ2n) is 3.97. The van der Waals surface area contributed by atoms with Gasteiger partial charge in [0, 0.05) is 23.6 Å². The van der Waals surface area contributed by atoms with Gasteiger partial charge in [0.05, 0.1) is 17.9 Å². The van der Waals surface area contributed by atoms with E-state index in [1.54, 1.807) is 0 Å². The monoisotopic (exact) mass is 296 g/mol. The van der Waals surface area contributed by atoms with Crippen molar-refractivity contribution < 1.29 is 4.74 Å². The van der Waals surface area contributed by atoms with Gasteiger partial charge in [-0.3, -0.25) is 4.99 Å². The molecule has 5 nitrogen and oxygen atoms in total. The Bertz CT molecular complexity index is 489. The zero-order valence-corrected chi connectivity index (χ0v) is 10.8. The average molecular weight is 297 g/mol. The van der Waals surface area contributed by atoms with Gasteiger partial charge in [0.25, 0.3) is 0 Å². The standard InChI is InChI=1S/C11H13BrN4O/c12-7-5-8-10(17-4-2-14-8)6-9(7)16-3-1-15-11(16)13/h5-6,14H,1-4H2,(H2,13,15). The van der Waals surface area contributed by atoms with E-state index in [-0.39, 0.29) is 0 Å². The van der Waals surface area contributed by atoms with Gasteiger partial charge in [-0.05, 0) is 22.0 Å². The minimum atomic E-state index is 0.564. The van der Waals surface area contributed by atoms with E-state index in [0.29, 0.717) is 12.6 Å². The lowest BCUT2D eigenvalue weighted by Crippen LogP contribution is -2.34. The molecule has 0 aromatic heterocycles. The van der Waals surface area contributed by atoms with Crippen LogP contribution in [0.2, 0.25) is 0 Å². The SMILES string of the molecule is NC1=NCCN1c1cc2c(cc1Br)NCCO2. The molecule has 2 aliphatic rings. The summed E-state index contributed by atoms with van der Waals surface area (Å²) in [5.41, 5.74) is 7.88. The molecule has 6 heteroatoms. The van der Waals surface area contributed by atoms with Crippen molar-refractivity contribution in [2.75, 3.05) is 36.5 Å². The van der Waals surface area contributed by atoms with Crippen molar-refractivity contribution in [1.29, 1.82) is 0 Å². The average Bonchev–Trinajstić information content (AvgIpc) is 2.74. The maximum atomic E-state index is 5.85. The van der Waals surface area contributed by atoms with Gasteiger partial charge in [0.1, 0.15) is 12.4 Å². The maximum absolute atomic E-state index is 5.85. The highest BCUT2D eigenvalue weighted by Crippen LogP contribution is 2.38. The molecule has 2 aliphatic heterocycles. The van der Waals surface area contributed by atoms with Crippen LogP contribution < -0.4 is 20.7 Å². The van der Waals surface area contributed by atoms with E-state index in [1.165, 1.54) is 0 Å². The molecule has 0 saturated carbocycles. The summed E-state index contributed by atoms with van der Waals surface area (Å²) in [5, 5.41) is 3.30. The second kappa shape index (κ2) is 4.10. The Kier molecular flexibility index (Phi) is 2.58. The number of halogens is 1. The molecule has 17 heavy (non-hydrogen) atoms. The number of guanidine groups is 1. The highest BCUT2D eigenvalue weighted by molar-refractivity contribution is 9.10. The van der Waals surface area contributed by atoms with Crippen molar-refractivity contribution in [3.63, 3.8) is 0 Å². The molecule has 1 aromatic rings. The van der Waals surface area contributed by atoms with Crippen LogP contribution in [0.3, 0.4) is 0 Å². The molecular formula is C11H13BrN4O. The highest BCUT2D eigenvalue weighted by atomic mass is 79.9. The summed E-state index contributed by atoms with van der Waals surface area (Å²) in [5.74, 6) is 1.43. The van der Waals surface area contributed by atoms with E-state index in [1.807, 2.05) is 17.0 Å². The Morgan fingerprint density at radius 1 is 1.47 bits per heavy atom. The fraction of sp³-hybridized carbons (Fsp3) is 0.364. The fourth-order valence-electron chi connectivity index (χ4n) is 2.06. The van der Waals surface area contributed by atoms with Crippen LogP contribution >= 0.6 is 15.9 Å². The van der Waals surface area contributed by atoms with Gasteiger partial charge in [0.15, 0.2) is 5.96 Å². The molecule has 0 atom stereocenters. The van der Waals surface area contributed by atoms with Crippen LogP contribution in [0, 0.1) is 0 Å². The predicted molar refractivity (Wildman–Crippen MR) is 72.0 cm³/mol. The number of anilines is 2. The van der Waals surface area contributed by atoms with E-state index in [2.05, 4.69) is 26.2 Å². The summed E-state index contributed by atoms with van der Waals surface area (Å²) in [6.07, 6.45) is 0. The van der Waals surface area contributed by atoms with Crippen molar-refractivity contribution >= 4 is 33.3 Å². The third-order valence-corrected chi connectivity index (χ3v) is 3.52. The number of nitrogens with one attached hydrogen (secondary N) is 1. The third-order valence-electron chi connectivity index (χ3n) is 2.89. The quantitative estimate of drug-likeness (QED) is 0.822. The molecule has 2 heterocycles. The molecule has 0 saturated heterocycles. The van der Waals surface area contributed by atoms with Gasteiger partial charge < -0.3 is 20.7 Å². The van der Waals surface area contributed by atoms with E-state index in [0.717, 1.165) is 41.2 Å². The van der Waals surface area contributed by atoms with Crippen LogP contribution in [0.25, 0.3) is 0 Å². The van der Waals surface area contributed by atoms with Gasteiger partial charge in [-0.2, -0.15) is 0 Å². The summed E-state index contributed by atoms with van der Waals surface area (Å²) in [4.78, 5) is 6.18. The summed E-state index contributed by atoms with van der Waals surface area (Å²) >= 11 is 3.57. The summed E-state index contributed by atoms with van der Waals surface area (Å²) in [6.45, 7) is 3.09. The van der Waals surface area contributed by atoms with Crippen molar-refractivity contribution in [3.8, 4) is 5.75 Å². The summed E-state index contributed by atoms with van der Waals surface area (Å²) in [7, 11) is 0. The number of rotatable bonds is 1. The van der Waals surface area contributed by atoms with Gasteiger partial charge in [-0.1, -0.05) is 0 Å². The van der Waals surface area contributed by atoms with Gasteiger partial charge in [0.2, 0.25) is 0 Å². The van der Waals surface area contributed by atoms with Crippen molar-refractivity contribution in [2.45, 2.75) is 0 Å². The number of benzene rings is 1. The number of hydrogen-bond donors (Lipinski definition) is 2. The number of aliphatic imine (C=N–C) groups is 1. The lowest BCUT2D eigenvalue weighted by molar-refractivity contribution is 0.323. The van der Waals surface area contributed by atoms with Crippen LogP contribution in [-0.2, 0) is 0 Å². The molecule has 1 aromatic carbocycles. The first-order valence-electron chi connectivity index (χ1n) is 5.53. The zero-order valence-electron chi connectivity index (χ0n) is 9.24. The van der Waals surface area contributed by atoms with E-state index < -0.39 is 0 Å². The number of ether oxygens (including phenoxy) is 1. The highest BCUT2D eigenvalue weighted by Gasteiger charge is 2.21. The molecule has 0 fully saturated rings. The Balaban J connectivity index is 2.02. The molecule has 3 rings (SSSR count). The van der Waals surface area contributed by atoms with Crippen LogP contribution in [0.5, 0.6) is 5.75 Å². The smallest absolute Gasteiger partial charge is 0.195 e. The maximum Gasteiger partial charge on any atom is 0.195 e. The van der Waals surface area contributed by atoms with E-state index in [4.69, 9.17) is 10.5 Å². The van der Waals surface area contributed by atoms with E-state index in [9.17, 15) is 0 Å². The zero-order chi connectivity index (χ0) is 11.8. The summed E-state index contributed by atoms with van der Waals surface area (Å²) < 4.78 is 6.62. The largest absolute Gasteiger partial charge is 0.490 e. The number of hydrogen-bond acceptors (Lipinski definition) is 5. The first-order valence-corrected chi connectivity index (χ1v) is 6.32. The molecule has 0 aliphatic carbocycles. The number of nitrogens with zero attached hydrogens (tertiary/aromatic N) is 2. The molecule has 0 radical (unpaired) electrons. The molecule has 0 amide bonds. The van der Waals surface area contributed by atoms with Gasteiger partial charge in [-0.15, -0.1) is 0 Å². The number of fused-ring (bicyclic) bond motifs is 1. The first kappa shape index (κ1) is 10.7. The van der Waals surface area contributed by atoms with E-state index >= 15 is 0 Å². The Labute approximate surface area is 108 Å². The Morgan fingerprint density at radius 2 is 2.35 bits per heavy atom. The minimum Gasteiger partial charge on any atom is -0.490 e. The minimum absolute atomic E-state index is 0.564. The Morgan fingerprint density at radius 3 is 3.12 bits per heavy atom. The lowest BCUT2D eigenvalue weighted by Gasteiger charge is -2.24. The van der Waals surface area contributed by atoms with Gasteiger partial charge >= 0.3 is 0 Å². The number of nitrogens with two attached hydrogens (primary N) is 1. The lowest BCUT2D eigenvalue weighted by atomic mass is 10.2. The van der Waals surface area contributed by atoms with Crippen molar-refractivity contribution in [1.82, 2.24) is 0 Å². The summed E-state index contributed by atoms with van der Waals surface area (Å²) in [6, 6.07) is 4.02. The molecule has 0 unspecified atom stereocenters. The molecule has 3 N–H and O–H groups in total. The van der Waals surface area contributed by atoms with Crippen LogP contribution in [-0.4, -0.2) is 32.2 Å². The van der Waals surface area contributed by atoms with Crippen molar-refractivity contribution in [3.05, 3.63) is 16.6 Å². The third kappa shape index (κ3) is 1.82. The van der Waals surface area contributed by atoms with Crippen molar-refractivity contribution in [2.24, 2.45) is 10.7 Å². The Hall–Kier alpha value is -1.43. The first-order chi connectivity index (χ1) is 8.25. The van der Waals surface area contributed by atoms with Gasteiger partial charge in [-0.25, -0.2) is 0 Å². The second-order valence-corrected chi connectivity index (χ2v) is 4.82. The molecular weight excluding hydrogens is 284 g/mol. The molecule has 0 bridgehead atoms. The predicted octanol–water partition coefficient (Wildman–Crippen LogP) is 1.39. The molecule has 90 valence electrons. The van der Waals surface area contributed by atoms with Crippen LogP contribution in [0.1, 0.15) is 0 Å². The van der Waals surface area contributed by atoms with Crippen LogP contribution in [0.15, 0.2) is 21.6 Å².